The first-order valence-electron chi connectivity index (χ1n) is 8.80. The van der Waals surface area contributed by atoms with Gasteiger partial charge >= 0.3 is 0 Å². The van der Waals surface area contributed by atoms with Crippen LogP contribution in [0.25, 0.3) is 0 Å². The molecule has 1 aromatic carbocycles. The van der Waals surface area contributed by atoms with Crippen LogP contribution in [-0.4, -0.2) is 47.8 Å². The third kappa shape index (κ3) is 3.57. The molecule has 23 heavy (non-hydrogen) atoms. The standard InChI is InChI=1S/C19H26N2O2/c1-15-7-5-6-10-17(15)19(23)21-13-11-20(12-14-21)18(22)16-8-3-2-4-9-16/h5-7,10,16H,2-4,8-9,11-14H2,1H3. The molecule has 0 bridgehead atoms. The molecule has 0 spiro atoms. The first-order valence-corrected chi connectivity index (χ1v) is 8.80. The van der Waals surface area contributed by atoms with Gasteiger partial charge in [-0.25, -0.2) is 0 Å². The molecular weight excluding hydrogens is 288 g/mol. The Bertz CT molecular complexity index is 570. The summed E-state index contributed by atoms with van der Waals surface area (Å²) in [5, 5.41) is 0. The van der Waals surface area contributed by atoms with Crippen molar-refractivity contribution >= 4 is 11.8 Å². The molecule has 1 aromatic rings. The van der Waals surface area contributed by atoms with E-state index < -0.39 is 0 Å². The molecule has 3 rings (SSSR count). The van der Waals surface area contributed by atoms with Gasteiger partial charge in [0, 0.05) is 37.7 Å². The molecule has 0 aromatic heterocycles. The van der Waals surface area contributed by atoms with E-state index in [-0.39, 0.29) is 11.8 Å². The number of nitrogens with zero attached hydrogens (tertiary/aromatic N) is 2. The van der Waals surface area contributed by atoms with Crippen LogP contribution in [0, 0.1) is 12.8 Å². The summed E-state index contributed by atoms with van der Waals surface area (Å²) in [7, 11) is 0. The molecule has 1 heterocycles. The summed E-state index contributed by atoms with van der Waals surface area (Å²) in [6.45, 7) is 4.60. The summed E-state index contributed by atoms with van der Waals surface area (Å²) in [5.74, 6) is 0.628. The van der Waals surface area contributed by atoms with Gasteiger partial charge in [0.1, 0.15) is 0 Å². The zero-order valence-electron chi connectivity index (χ0n) is 14.0. The van der Waals surface area contributed by atoms with Gasteiger partial charge in [-0.15, -0.1) is 0 Å². The lowest BCUT2D eigenvalue weighted by atomic mass is 9.88. The summed E-state index contributed by atoms with van der Waals surface area (Å²) in [4.78, 5) is 29.0. The number of benzene rings is 1. The average molecular weight is 314 g/mol. The van der Waals surface area contributed by atoms with E-state index >= 15 is 0 Å². The second-order valence-corrected chi connectivity index (χ2v) is 6.77. The third-order valence-electron chi connectivity index (χ3n) is 5.21. The highest BCUT2D eigenvalue weighted by Gasteiger charge is 2.30. The molecule has 2 aliphatic rings. The normalized spacial score (nSPS) is 19.7. The number of rotatable bonds is 2. The highest BCUT2D eigenvalue weighted by Crippen LogP contribution is 2.26. The Morgan fingerprint density at radius 1 is 0.913 bits per heavy atom. The Morgan fingerprint density at radius 2 is 1.52 bits per heavy atom. The monoisotopic (exact) mass is 314 g/mol. The zero-order chi connectivity index (χ0) is 16.2. The van der Waals surface area contributed by atoms with Crippen molar-refractivity contribution < 1.29 is 9.59 Å². The largest absolute Gasteiger partial charge is 0.339 e. The number of hydrogen-bond acceptors (Lipinski definition) is 2. The molecule has 0 radical (unpaired) electrons. The predicted octanol–water partition coefficient (Wildman–Crippen LogP) is 2.86. The van der Waals surface area contributed by atoms with E-state index in [1.54, 1.807) is 0 Å². The molecular formula is C19H26N2O2. The van der Waals surface area contributed by atoms with Crippen molar-refractivity contribution in [1.29, 1.82) is 0 Å². The van der Waals surface area contributed by atoms with E-state index in [0.29, 0.717) is 32.1 Å². The van der Waals surface area contributed by atoms with Gasteiger partial charge in [0.2, 0.25) is 5.91 Å². The second kappa shape index (κ2) is 7.16. The fraction of sp³-hybridized carbons (Fsp3) is 0.579. The maximum atomic E-state index is 12.6. The Kier molecular flexibility index (Phi) is 4.99. The van der Waals surface area contributed by atoms with Crippen LogP contribution in [0.15, 0.2) is 24.3 Å². The number of piperazine rings is 1. The minimum Gasteiger partial charge on any atom is -0.339 e. The van der Waals surface area contributed by atoms with Crippen LogP contribution in [0.5, 0.6) is 0 Å². The SMILES string of the molecule is Cc1ccccc1C(=O)N1CCN(C(=O)C2CCCCC2)CC1. The number of aryl methyl sites for hydroxylation is 1. The molecule has 1 aliphatic carbocycles. The molecule has 0 N–H and O–H groups in total. The van der Waals surface area contributed by atoms with Gasteiger partial charge in [-0.2, -0.15) is 0 Å². The minimum absolute atomic E-state index is 0.0906. The van der Waals surface area contributed by atoms with Crippen LogP contribution in [0.2, 0.25) is 0 Å². The summed E-state index contributed by atoms with van der Waals surface area (Å²) >= 11 is 0. The van der Waals surface area contributed by atoms with Crippen LogP contribution in [0.1, 0.15) is 48.0 Å². The summed E-state index contributed by atoms with van der Waals surface area (Å²) in [6.07, 6.45) is 5.72. The van der Waals surface area contributed by atoms with E-state index in [9.17, 15) is 9.59 Å². The number of carbonyl (C=O) groups is 2. The molecule has 4 heteroatoms. The van der Waals surface area contributed by atoms with Gasteiger partial charge in [-0.05, 0) is 31.4 Å². The maximum absolute atomic E-state index is 12.6. The fourth-order valence-electron chi connectivity index (χ4n) is 3.72. The number of amides is 2. The maximum Gasteiger partial charge on any atom is 0.254 e. The molecule has 1 saturated heterocycles. The van der Waals surface area contributed by atoms with Gasteiger partial charge in [0.15, 0.2) is 0 Å². The van der Waals surface area contributed by atoms with E-state index in [4.69, 9.17) is 0 Å². The first-order chi connectivity index (χ1) is 11.2. The lowest BCUT2D eigenvalue weighted by Crippen LogP contribution is -2.52. The number of hydrogen-bond donors (Lipinski definition) is 0. The van der Waals surface area contributed by atoms with E-state index in [0.717, 1.165) is 24.0 Å². The van der Waals surface area contributed by atoms with Crippen LogP contribution < -0.4 is 0 Å². The quantitative estimate of drug-likeness (QED) is 0.842. The van der Waals surface area contributed by atoms with Crippen molar-refractivity contribution in [3.63, 3.8) is 0 Å². The Labute approximate surface area is 138 Å². The molecule has 2 amide bonds. The molecule has 0 atom stereocenters. The second-order valence-electron chi connectivity index (χ2n) is 6.77. The molecule has 1 saturated carbocycles. The average Bonchev–Trinajstić information content (AvgIpc) is 2.62. The van der Waals surface area contributed by atoms with Gasteiger partial charge in [-0.3, -0.25) is 9.59 Å². The van der Waals surface area contributed by atoms with Crippen molar-refractivity contribution in [2.45, 2.75) is 39.0 Å². The number of carbonyl (C=O) groups excluding carboxylic acids is 2. The molecule has 124 valence electrons. The Morgan fingerprint density at radius 3 is 2.17 bits per heavy atom. The minimum atomic E-state index is 0.0906. The third-order valence-corrected chi connectivity index (χ3v) is 5.21. The summed E-state index contributed by atoms with van der Waals surface area (Å²) < 4.78 is 0. The van der Waals surface area contributed by atoms with Gasteiger partial charge in [-0.1, -0.05) is 37.5 Å². The first kappa shape index (κ1) is 16.0. The van der Waals surface area contributed by atoms with Crippen molar-refractivity contribution in [3.8, 4) is 0 Å². The molecule has 4 nitrogen and oxygen atoms in total. The van der Waals surface area contributed by atoms with E-state index in [1.807, 2.05) is 41.0 Å². The Balaban J connectivity index is 1.57. The smallest absolute Gasteiger partial charge is 0.254 e. The highest BCUT2D eigenvalue weighted by atomic mass is 16.2. The lowest BCUT2D eigenvalue weighted by molar-refractivity contribution is -0.138. The molecule has 2 fully saturated rings. The van der Waals surface area contributed by atoms with Crippen molar-refractivity contribution in [2.75, 3.05) is 26.2 Å². The van der Waals surface area contributed by atoms with E-state index in [1.165, 1.54) is 19.3 Å². The zero-order valence-corrected chi connectivity index (χ0v) is 14.0. The van der Waals surface area contributed by atoms with Crippen molar-refractivity contribution in [1.82, 2.24) is 9.80 Å². The van der Waals surface area contributed by atoms with Gasteiger partial charge in [0.05, 0.1) is 0 Å². The topological polar surface area (TPSA) is 40.6 Å². The van der Waals surface area contributed by atoms with Gasteiger partial charge < -0.3 is 9.80 Å². The van der Waals surface area contributed by atoms with Crippen LogP contribution in [0.4, 0.5) is 0 Å². The lowest BCUT2D eigenvalue weighted by Gasteiger charge is -2.37. The molecule has 1 aliphatic heterocycles. The van der Waals surface area contributed by atoms with Gasteiger partial charge in [0.25, 0.3) is 5.91 Å². The van der Waals surface area contributed by atoms with E-state index in [2.05, 4.69) is 0 Å². The van der Waals surface area contributed by atoms with Crippen molar-refractivity contribution in [2.24, 2.45) is 5.92 Å². The van der Waals surface area contributed by atoms with Crippen LogP contribution in [-0.2, 0) is 4.79 Å². The van der Waals surface area contributed by atoms with Crippen LogP contribution >= 0.6 is 0 Å². The Hall–Kier alpha value is -1.84. The van der Waals surface area contributed by atoms with Crippen molar-refractivity contribution in [3.05, 3.63) is 35.4 Å². The fourth-order valence-corrected chi connectivity index (χ4v) is 3.72. The molecule has 0 unspecified atom stereocenters. The summed E-state index contributed by atoms with van der Waals surface area (Å²) in [6, 6.07) is 7.71. The van der Waals surface area contributed by atoms with Crippen LogP contribution in [0.3, 0.4) is 0 Å². The highest BCUT2D eigenvalue weighted by molar-refractivity contribution is 5.95. The predicted molar refractivity (Wildman–Crippen MR) is 90.2 cm³/mol. The summed E-state index contributed by atoms with van der Waals surface area (Å²) in [5.41, 5.74) is 1.79.